The Bertz CT molecular complexity index is 477. The van der Waals surface area contributed by atoms with E-state index in [0.29, 0.717) is 18.8 Å². The molecule has 3 N–H and O–H groups in total. The van der Waals surface area contributed by atoms with E-state index < -0.39 is 10.5 Å². The van der Waals surface area contributed by atoms with Crippen molar-refractivity contribution in [1.29, 1.82) is 0 Å². The van der Waals surface area contributed by atoms with Crippen LogP contribution in [0, 0.1) is 16.0 Å². The maximum absolute atomic E-state index is 11.3. The zero-order valence-electron chi connectivity index (χ0n) is 12.5. The number of nitro groups is 1. The molecule has 0 saturated heterocycles. The molecule has 0 radical (unpaired) electrons. The van der Waals surface area contributed by atoms with Crippen molar-refractivity contribution in [3.8, 4) is 5.75 Å². The van der Waals surface area contributed by atoms with E-state index in [2.05, 4.69) is 5.32 Å². The molecule has 6 nitrogen and oxygen atoms in total. The summed E-state index contributed by atoms with van der Waals surface area (Å²) in [5.74, 6) is 0.494. The van der Waals surface area contributed by atoms with Gasteiger partial charge < -0.3 is 15.8 Å². The highest BCUT2D eigenvalue weighted by molar-refractivity contribution is 5.69. The van der Waals surface area contributed by atoms with Crippen LogP contribution in [0.1, 0.15) is 27.7 Å². The van der Waals surface area contributed by atoms with Crippen molar-refractivity contribution < 1.29 is 9.66 Å². The monoisotopic (exact) mass is 281 g/mol. The fourth-order valence-corrected chi connectivity index (χ4v) is 1.82. The van der Waals surface area contributed by atoms with E-state index >= 15 is 0 Å². The summed E-state index contributed by atoms with van der Waals surface area (Å²) in [5, 5.41) is 14.5. The highest BCUT2D eigenvalue weighted by Crippen LogP contribution is 2.37. The lowest BCUT2D eigenvalue weighted by molar-refractivity contribution is -0.385. The van der Waals surface area contributed by atoms with Gasteiger partial charge in [0, 0.05) is 12.1 Å². The second kappa shape index (κ2) is 6.56. The molecule has 0 aromatic heterocycles. The van der Waals surface area contributed by atoms with E-state index in [0.717, 1.165) is 0 Å². The second-order valence-electron chi connectivity index (χ2n) is 5.24. The van der Waals surface area contributed by atoms with Gasteiger partial charge in [0.25, 0.3) is 0 Å². The Morgan fingerprint density at radius 1 is 1.50 bits per heavy atom. The van der Waals surface area contributed by atoms with Crippen molar-refractivity contribution in [2.75, 3.05) is 18.5 Å². The number of benzene rings is 1. The van der Waals surface area contributed by atoms with Crippen molar-refractivity contribution in [2.24, 2.45) is 11.7 Å². The SMILES string of the molecule is CCOc1cccc(NC(C)(CN)C(C)C)c1[N+](=O)[O-]. The van der Waals surface area contributed by atoms with Crippen LogP contribution in [0.5, 0.6) is 5.75 Å². The van der Waals surface area contributed by atoms with Gasteiger partial charge in [-0.15, -0.1) is 0 Å². The molecule has 0 amide bonds. The number of para-hydroxylation sites is 1. The van der Waals surface area contributed by atoms with Gasteiger partial charge in [0.1, 0.15) is 5.69 Å². The lowest BCUT2D eigenvalue weighted by Gasteiger charge is -2.34. The van der Waals surface area contributed by atoms with E-state index in [-0.39, 0.29) is 17.4 Å². The molecule has 0 aliphatic carbocycles. The third-order valence-corrected chi connectivity index (χ3v) is 3.60. The minimum atomic E-state index is -0.426. The molecular formula is C14H23N3O3. The van der Waals surface area contributed by atoms with E-state index in [9.17, 15) is 10.1 Å². The van der Waals surface area contributed by atoms with E-state index in [1.165, 1.54) is 0 Å². The van der Waals surface area contributed by atoms with E-state index in [1.807, 2.05) is 20.8 Å². The van der Waals surface area contributed by atoms with Gasteiger partial charge in [0.05, 0.1) is 11.5 Å². The Morgan fingerprint density at radius 2 is 2.15 bits per heavy atom. The number of hydrogen-bond acceptors (Lipinski definition) is 5. The average molecular weight is 281 g/mol. The summed E-state index contributed by atoms with van der Waals surface area (Å²) in [4.78, 5) is 10.9. The molecule has 112 valence electrons. The number of rotatable bonds is 7. The molecule has 0 aliphatic rings. The van der Waals surface area contributed by atoms with Crippen LogP contribution in [0.25, 0.3) is 0 Å². The van der Waals surface area contributed by atoms with Crippen molar-refractivity contribution in [2.45, 2.75) is 33.2 Å². The number of ether oxygens (including phenoxy) is 1. The van der Waals surface area contributed by atoms with Crippen LogP contribution in [-0.2, 0) is 0 Å². The molecule has 1 rings (SSSR count). The fourth-order valence-electron chi connectivity index (χ4n) is 1.82. The van der Waals surface area contributed by atoms with Crippen LogP contribution in [0.2, 0.25) is 0 Å². The smallest absolute Gasteiger partial charge is 0.333 e. The van der Waals surface area contributed by atoms with Crippen LogP contribution in [0.4, 0.5) is 11.4 Å². The number of nitro benzene ring substituents is 1. The summed E-state index contributed by atoms with van der Waals surface area (Å²) in [7, 11) is 0. The molecule has 0 saturated carbocycles. The number of anilines is 1. The van der Waals surface area contributed by atoms with Gasteiger partial charge in [-0.05, 0) is 31.9 Å². The lowest BCUT2D eigenvalue weighted by Crippen LogP contribution is -2.47. The Kier molecular flexibility index (Phi) is 5.33. The molecule has 0 spiro atoms. The zero-order valence-corrected chi connectivity index (χ0v) is 12.5. The van der Waals surface area contributed by atoms with Gasteiger partial charge >= 0.3 is 5.69 Å². The van der Waals surface area contributed by atoms with Gasteiger partial charge in [0.2, 0.25) is 0 Å². The van der Waals surface area contributed by atoms with Crippen LogP contribution in [0.3, 0.4) is 0 Å². The maximum Gasteiger partial charge on any atom is 0.333 e. The molecule has 1 unspecified atom stereocenters. The first kappa shape index (κ1) is 16.2. The number of nitrogens with one attached hydrogen (secondary N) is 1. The van der Waals surface area contributed by atoms with Gasteiger partial charge in [-0.2, -0.15) is 0 Å². The first-order valence-corrected chi connectivity index (χ1v) is 6.74. The zero-order chi connectivity index (χ0) is 15.3. The van der Waals surface area contributed by atoms with Crippen LogP contribution in [-0.4, -0.2) is 23.6 Å². The highest BCUT2D eigenvalue weighted by atomic mass is 16.6. The molecule has 1 atom stereocenters. The number of hydrogen-bond donors (Lipinski definition) is 2. The standard InChI is InChI=1S/C14H23N3O3/c1-5-20-12-8-6-7-11(13(12)17(18)19)16-14(4,9-15)10(2)3/h6-8,10,16H,5,9,15H2,1-4H3. The molecule has 0 fully saturated rings. The van der Waals surface area contributed by atoms with Crippen LogP contribution in [0.15, 0.2) is 18.2 Å². The van der Waals surface area contributed by atoms with Crippen molar-refractivity contribution >= 4 is 11.4 Å². The molecule has 1 aromatic carbocycles. The van der Waals surface area contributed by atoms with Gasteiger partial charge in [0.15, 0.2) is 5.75 Å². The Morgan fingerprint density at radius 3 is 2.60 bits per heavy atom. The third kappa shape index (κ3) is 3.39. The van der Waals surface area contributed by atoms with Crippen LogP contribution < -0.4 is 15.8 Å². The average Bonchev–Trinajstić information content (AvgIpc) is 2.38. The predicted octanol–water partition coefficient (Wildman–Crippen LogP) is 2.78. The molecule has 20 heavy (non-hydrogen) atoms. The summed E-state index contributed by atoms with van der Waals surface area (Å²) in [6.45, 7) is 8.55. The van der Waals surface area contributed by atoms with Crippen LogP contribution >= 0.6 is 0 Å². The molecule has 0 aliphatic heterocycles. The van der Waals surface area contributed by atoms with Gasteiger partial charge in [-0.3, -0.25) is 10.1 Å². The summed E-state index contributed by atoms with van der Waals surface area (Å²) in [5.41, 5.74) is 5.78. The predicted molar refractivity (Wildman–Crippen MR) is 80.2 cm³/mol. The van der Waals surface area contributed by atoms with Gasteiger partial charge in [-0.25, -0.2) is 0 Å². The lowest BCUT2D eigenvalue weighted by atomic mass is 9.88. The van der Waals surface area contributed by atoms with E-state index in [4.69, 9.17) is 10.5 Å². The number of nitrogens with two attached hydrogens (primary N) is 1. The minimum absolute atomic E-state index is 0.0466. The summed E-state index contributed by atoms with van der Waals surface area (Å²) in [6.07, 6.45) is 0. The first-order chi connectivity index (χ1) is 9.35. The van der Waals surface area contributed by atoms with Gasteiger partial charge in [-0.1, -0.05) is 19.9 Å². The van der Waals surface area contributed by atoms with Crippen molar-refractivity contribution in [1.82, 2.24) is 0 Å². The van der Waals surface area contributed by atoms with Crippen molar-refractivity contribution in [3.63, 3.8) is 0 Å². The summed E-state index contributed by atoms with van der Waals surface area (Å²) < 4.78 is 5.33. The molecular weight excluding hydrogens is 258 g/mol. The quantitative estimate of drug-likeness (QED) is 0.592. The largest absolute Gasteiger partial charge is 0.487 e. The Balaban J connectivity index is 3.24. The van der Waals surface area contributed by atoms with E-state index in [1.54, 1.807) is 25.1 Å². The minimum Gasteiger partial charge on any atom is -0.487 e. The normalized spacial score (nSPS) is 13.9. The fraction of sp³-hybridized carbons (Fsp3) is 0.571. The molecule has 0 heterocycles. The summed E-state index contributed by atoms with van der Waals surface area (Å²) in [6, 6.07) is 5.01. The van der Waals surface area contributed by atoms with Crippen molar-refractivity contribution in [3.05, 3.63) is 28.3 Å². The molecule has 1 aromatic rings. The second-order valence-corrected chi connectivity index (χ2v) is 5.24. The maximum atomic E-state index is 11.3. The topological polar surface area (TPSA) is 90.4 Å². The molecule has 6 heteroatoms. The summed E-state index contributed by atoms with van der Waals surface area (Å²) >= 11 is 0. The third-order valence-electron chi connectivity index (χ3n) is 3.60. The first-order valence-electron chi connectivity index (χ1n) is 6.74. The molecule has 0 bridgehead atoms. The highest BCUT2D eigenvalue weighted by Gasteiger charge is 2.30. The Labute approximate surface area is 119 Å². The number of nitrogens with zero attached hydrogens (tertiary/aromatic N) is 1. The Hall–Kier alpha value is -1.82.